The van der Waals surface area contributed by atoms with Gasteiger partial charge in [0.1, 0.15) is 5.75 Å². The van der Waals surface area contributed by atoms with Crippen LogP contribution in [0, 0.1) is 6.92 Å². The molecule has 2 rings (SSSR count). The molecule has 0 spiro atoms. The van der Waals surface area contributed by atoms with Gasteiger partial charge in [-0.15, -0.1) is 0 Å². The van der Waals surface area contributed by atoms with E-state index in [1.165, 1.54) is 11.1 Å². The zero-order chi connectivity index (χ0) is 14.5. The zero-order valence-corrected chi connectivity index (χ0v) is 12.3. The average molecular weight is 274 g/mol. The van der Waals surface area contributed by atoms with Gasteiger partial charge < -0.3 is 4.74 Å². The number of hydrogen-bond acceptors (Lipinski definition) is 4. The van der Waals surface area contributed by atoms with Gasteiger partial charge in [-0.25, -0.2) is 0 Å². The molecular formula is C15H22N4O. The van der Waals surface area contributed by atoms with Gasteiger partial charge in [0.15, 0.2) is 0 Å². The van der Waals surface area contributed by atoms with Crippen molar-refractivity contribution in [2.24, 2.45) is 12.9 Å². The second-order valence-corrected chi connectivity index (χ2v) is 5.03. The van der Waals surface area contributed by atoms with Gasteiger partial charge in [0.05, 0.1) is 13.3 Å². The van der Waals surface area contributed by atoms with Crippen molar-refractivity contribution < 1.29 is 4.74 Å². The van der Waals surface area contributed by atoms with Crippen molar-refractivity contribution in [1.29, 1.82) is 0 Å². The maximum Gasteiger partial charge on any atom is 0.123 e. The van der Waals surface area contributed by atoms with E-state index in [4.69, 9.17) is 10.6 Å². The van der Waals surface area contributed by atoms with Crippen molar-refractivity contribution >= 4 is 0 Å². The summed E-state index contributed by atoms with van der Waals surface area (Å²) in [5.74, 6) is 6.58. The van der Waals surface area contributed by atoms with E-state index in [2.05, 4.69) is 22.7 Å². The molecule has 1 atom stereocenters. The van der Waals surface area contributed by atoms with Gasteiger partial charge in [0.25, 0.3) is 0 Å². The molecule has 108 valence electrons. The van der Waals surface area contributed by atoms with Crippen LogP contribution in [0.1, 0.15) is 29.2 Å². The highest BCUT2D eigenvalue weighted by Crippen LogP contribution is 2.28. The highest BCUT2D eigenvalue weighted by Gasteiger charge is 2.15. The standard InChI is InChI=1S/C15H22N4O/c1-11-4-6-13(15(8-11)20-3)14(18-16)7-5-12-9-17-19(2)10-12/h4,6,8-10,14,18H,5,7,16H2,1-3H3. The van der Waals surface area contributed by atoms with Crippen molar-refractivity contribution in [1.82, 2.24) is 15.2 Å². The van der Waals surface area contributed by atoms with Crippen LogP contribution in [0.15, 0.2) is 30.6 Å². The summed E-state index contributed by atoms with van der Waals surface area (Å²) in [6, 6.07) is 6.24. The summed E-state index contributed by atoms with van der Waals surface area (Å²) in [5.41, 5.74) is 6.35. The smallest absolute Gasteiger partial charge is 0.123 e. The van der Waals surface area contributed by atoms with Gasteiger partial charge in [0, 0.05) is 24.8 Å². The number of nitrogens with zero attached hydrogens (tertiary/aromatic N) is 2. The predicted octanol–water partition coefficient (Wildman–Crippen LogP) is 1.87. The van der Waals surface area contributed by atoms with Crippen molar-refractivity contribution in [2.75, 3.05) is 7.11 Å². The van der Waals surface area contributed by atoms with Crippen LogP contribution in [-0.4, -0.2) is 16.9 Å². The second-order valence-electron chi connectivity index (χ2n) is 5.03. The van der Waals surface area contributed by atoms with Crippen LogP contribution < -0.4 is 16.0 Å². The number of rotatable bonds is 6. The highest BCUT2D eigenvalue weighted by atomic mass is 16.5. The SMILES string of the molecule is COc1cc(C)ccc1C(CCc1cnn(C)c1)NN. The van der Waals surface area contributed by atoms with E-state index in [1.807, 2.05) is 37.1 Å². The van der Waals surface area contributed by atoms with E-state index in [0.29, 0.717) is 0 Å². The summed E-state index contributed by atoms with van der Waals surface area (Å²) in [6.07, 6.45) is 5.72. The summed E-state index contributed by atoms with van der Waals surface area (Å²) in [5, 5.41) is 4.18. The molecular weight excluding hydrogens is 252 g/mol. The molecule has 1 unspecified atom stereocenters. The molecule has 3 N–H and O–H groups in total. The molecule has 0 aliphatic carbocycles. The maximum atomic E-state index is 5.71. The molecule has 0 bridgehead atoms. The molecule has 1 aromatic carbocycles. The first-order chi connectivity index (χ1) is 9.63. The number of nitrogens with one attached hydrogen (secondary N) is 1. The molecule has 0 fully saturated rings. The Bertz CT molecular complexity index is 565. The molecule has 0 aliphatic heterocycles. The minimum Gasteiger partial charge on any atom is -0.496 e. The van der Waals surface area contributed by atoms with Gasteiger partial charge in [-0.05, 0) is 37.0 Å². The van der Waals surface area contributed by atoms with Crippen molar-refractivity contribution in [3.8, 4) is 5.75 Å². The molecule has 1 aromatic heterocycles. The Labute approximate surface area is 119 Å². The topological polar surface area (TPSA) is 65.1 Å². The number of nitrogens with two attached hydrogens (primary N) is 1. The largest absolute Gasteiger partial charge is 0.496 e. The van der Waals surface area contributed by atoms with Crippen LogP contribution in [0.3, 0.4) is 0 Å². The van der Waals surface area contributed by atoms with Gasteiger partial charge >= 0.3 is 0 Å². The number of aromatic nitrogens is 2. The van der Waals surface area contributed by atoms with Crippen LogP contribution in [0.4, 0.5) is 0 Å². The van der Waals surface area contributed by atoms with Crippen LogP contribution in [-0.2, 0) is 13.5 Å². The lowest BCUT2D eigenvalue weighted by atomic mass is 9.98. The second kappa shape index (κ2) is 6.54. The Morgan fingerprint density at radius 1 is 1.45 bits per heavy atom. The monoisotopic (exact) mass is 274 g/mol. The summed E-state index contributed by atoms with van der Waals surface area (Å²) in [4.78, 5) is 0. The molecule has 5 heteroatoms. The number of benzene rings is 1. The Hall–Kier alpha value is -1.85. The number of hydrazine groups is 1. The molecule has 20 heavy (non-hydrogen) atoms. The summed E-state index contributed by atoms with van der Waals surface area (Å²) >= 11 is 0. The first kappa shape index (κ1) is 14.6. The van der Waals surface area contributed by atoms with E-state index in [1.54, 1.807) is 7.11 Å². The third-order valence-electron chi connectivity index (χ3n) is 3.45. The van der Waals surface area contributed by atoms with E-state index >= 15 is 0 Å². The predicted molar refractivity (Wildman–Crippen MR) is 79.3 cm³/mol. The summed E-state index contributed by atoms with van der Waals surface area (Å²) < 4.78 is 7.27. The van der Waals surface area contributed by atoms with Crippen LogP contribution in [0.25, 0.3) is 0 Å². The minimum absolute atomic E-state index is 0.0609. The molecule has 1 heterocycles. The lowest BCUT2D eigenvalue weighted by molar-refractivity contribution is 0.395. The Morgan fingerprint density at radius 2 is 2.25 bits per heavy atom. The van der Waals surface area contributed by atoms with Crippen molar-refractivity contribution in [3.05, 3.63) is 47.3 Å². The number of aryl methyl sites for hydroxylation is 3. The van der Waals surface area contributed by atoms with Gasteiger partial charge in [0.2, 0.25) is 0 Å². The van der Waals surface area contributed by atoms with Gasteiger partial charge in [-0.3, -0.25) is 16.0 Å². The average Bonchev–Trinajstić information content (AvgIpc) is 2.86. The first-order valence-corrected chi connectivity index (χ1v) is 6.72. The minimum atomic E-state index is 0.0609. The molecule has 0 radical (unpaired) electrons. The summed E-state index contributed by atoms with van der Waals surface area (Å²) in [6.45, 7) is 2.05. The Kier molecular flexibility index (Phi) is 4.76. The quantitative estimate of drug-likeness (QED) is 0.623. The molecule has 0 amide bonds. The lowest BCUT2D eigenvalue weighted by Gasteiger charge is -2.19. The molecule has 5 nitrogen and oxygen atoms in total. The van der Waals surface area contributed by atoms with E-state index in [-0.39, 0.29) is 6.04 Å². The lowest BCUT2D eigenvalue weighted by Crippen LogP contribution is -2.28. The Morgan fingerprint density at radius 3 is 2.85 bits per heavy atom. The normalized spacial score (nSPS) is 12.4. The van der Waals surface area contributed by atoms with Crippen molar-refractivity contribution in [3.63, 3.8) is 0 Å². The molecule has 0 aliphatic rings. The summed E-state index contributed by atoms with van der Waals surface area (Å²) in [7, 11) is 3.61. The van der Waals surface area contributed by atoms with Gasteiger partial charge in [-0.2, -0.15) is 5.10 Å². The van der Waals surface area contributed by atoms with E-state index in [9.17, 15) is 0 Å². The third-order valence-corrected chi connectivity index (χ3v) is 3.45. The van der Waals surface area contributed by atoms with Crippen molar-refractivity contribution in [2.45, 2.75) is 25.8 Å². The van der Waals surface area contributed by atoms with Crippen LogP contribution in [0.2, 0.25) is 0 Å². The van der Waals surface area contributed by atoms with E-state index < -0.39 is 0 Å². The van der Waals surface area contributed by atoms with Crippen LogP contribution in [0.5, 0.6) is 5.75 Å². The number of ether oxygens (including phenoxy) is 1. The fraction of sp³-hybridized carbons (Fsp3) is 0.400. The molecule has 0 saturated carbocycles. The van der Waals surface area contributed by atoms with E-state index in [0.717, 1.165) is 24.2 Å². The maximum absolute atomic E-state index is 5.71. The van der Waals surface area contributed by atoms with Gasteiger partial charge in [-0.1, -0.05) is 12.1 Å². The number of hydrogen-bond donors (Lipinski definition) is 2. The fourth-order valence-corrected chi connectivity index (χ4v) is 2.35. The Balaban J connectivity index is 2.11. The third kappa shape index (κ3) is 3.37. The highest BCUT2D eigenvalue weighted by molar-refractivity contribution is 5.39. The fourth-order valence-electron chi connectivity index (χ4n) is 2.35. The molecule has 0 saturated heterocycles. The van der Waals surface area contributed by atoms with Crippen LogP contribution >= 0.6 is 0 Å². The molecule has 2 aromatic rings. The zero-order valence-electron chi connectivity index (χ0n) is 12.3. The first-order valence-electron chi connectivity index (χ1n) is 6.72. The number of methoxy groups -OCH3 is 1.